The topological polar surface area (TPSA) is 114 Å². The van der Waals surface area contributed by atoms with Crippen LogP contribution in [-0.4, -0.2) is 39.6 Å². The van der Waals surface area contributed by atoms with E-state index in [1.54, 1.807) is 6.92 Å². The van der Waals surface area contributed by atoms with Crippen LogP contribution >= 0.6 is 11.8 Å². The first-order valence-corrected chi connectivity index (χ1v) is 6.31. The third kappa shape index (κ3) is 5.05. The van der Waals surface area contributed by atoms with E-state index in [9.17, 15) is 9.59 Å². The van der Waals surface area contributed by atoms with Gasteiger partial charge >= 0.3 is 11.7 Å². The highest BCUT2D eigenvalue weighted by molar-refractivity contribution is 7.99. The summed E-state index contributed by atoms with van der Waals surface area (Å²) in [5, 5.41) is 6.56. The Kier molecular flexibility index (Phi) is 5.78. The van der Waals surface area contributed by atoms with Crippen LogP contribution in [0.2, 0.25) is 0 Å². The summed E-state index contributed by atoms with van der Waals surface area (Å²) in [6.07, 6.45) is 1.31. The van der Waals surface area contributed by atoms with Crippen LogP contribution in [0, 0.1) is 0 Å². The second-order valence-corrected chi connectivity index (χ2v) is 4.42. The van der Waals surface area contributed by atoms with Gasteiger partial charge in [0, 0.05) is 5.75 Å². The normalized spacial score (nSPS) is 12.4. The molecule has 0 radical (unpaired) electrons. The largest absolute Gasteiger partial charge is 0.465 e. The number of carbonyl (C=O) groups is 1. The summed E-state index contributed by atoms with van der Waals surface area (Å²) < 4.78 is 4.79. The van der Waals surface area contributed by atoms with Crippen LogP contribution in [-0.2, 0) is 9.53 Å². The van der Waals surface area contributed by atoms with Gasteiger partial charge in [0.05, 0.1) is 6.61 Å². The Balaban J connectivity index is 2.15. The van der Waals surface area contributed by atoms with Crippen LogP contribution in [0.15, 0.2) is 9.95 Å². The summed E-state index contributed by atoms with van der Waals surface area (Å²) in [7, 11) is 0. The minimum absolute atomic E-state index is 0.323. The Bertz CT molecular complexity index is 403. The number of thioether (sulfide) groups is 1. The fourth-order valence-electron chi connectivity index (χ4n) is 1.16. The first-order chi connectivity index (χ1) is 8.13. The summed E-state index contributed by atoms with van der Waals surface area (Å²) in [5.74, 6) is 0.360. The zero-order valence-electron chi connectivity index (χ0n) is 9.56. The number of H-pyrrole nitrogens is 2. The lowest BCUT2D eigenvalue weighted by Crippen LogP contribution is -2.32. The molecule has 0 unspecified atom stereocenters. The van der Waals surface area contributed by atoms with E-state index in [0.717, 1.165) is 12.2 Å². The van der Waals surface area contributed by atoms with E-state index in [4.69, 9.17) is 10.5 Å². The molecule has 0 fully saturated rings. The molecule has 4 N–H and O–H groups in total. The predicted octanol–water partition coefficient (Wildman–Crippen LogP) is -0.139. The number of ether oxygens (including phenoxy) is 1. The van der Waals surface area contributed by atoms with Crippen molar-refractivity contribution in [3.8, 4) is 0 Å². The molecule has 1 heterocycles. The molecule has 8 heteroatoms. The van der Waals surface area contributed by atoms with Gasteiger partial charge in [-0.25, -0.2) is 9.89 Å². The van der Waals surface area contributed by atoms with Gasteiger partial charge in [0.1, 0.15) is 6.04 Å². The lowest BCUT2D eigenvalue weighted by Gasteiger charge is -2.09. The molecular weight excluding hydrogens is 244 g/mol. The van der Waals surface area contributed by atoms with Crippen LogP contribution in [0.4, 0.5) is 0 Å². The first kappa shape index (κ1) is 13.8. The van der Waals surface area contributed by atoms with E-state index in [1.165, 1.54) is 11.8 Å². The first-order valence-electron chi connectivity index (χ1n) is 5.33. The van der Waals surface area contributed by atoms with Gasteiger partial charge in [0.2, 0.25) is 0 Å². The van der Waals surface area contributed by atoms with Gasteiger partial charge in [0.15, 0.2) is 5.16 Å². The molecule has 1 atom stereocenters. The second kappa shape index (κ2) is 7.13. The van der Waals surface area contributed by atoms with E-state index in [2.05, 4.69) is 15.2 Å². The monoisotopic (exact) mass is 260 g/mol. The van der Waals surface area contributed by atoms with Crippen molar-refractivity contribution in [1.82, 2.24) is 15.2 Å². The third-order valence-electron chi connectivity index (χ3n) is 1.97. The molecule has 0 saturated heterocycles. The van der Waals surface area contributed by atoms with E-state index < -0.39 is 6.04 Å². The van der Waals surface area contributed by atoms with Crippen LogP contribution in [0.5, 0.6) is 0 Å². The van der Waals surface area contributed by atoms with Crippen molar-refractivity contribution in [2.75, 3.05) is 12.4 Å². The van der Waals surface area contributed by atoms with Gasteiger partial charge in [-0.05, 0) is 19.8 Å². The average Bonchev–Trinajstić information content (AvgIpc) is 2.70. The van der Waals surface area contributed by atoms with Crippen molar-refractivity contribution >= 4 is 17.7 Å². The predicted molar refractivity (Wildman–Crippen MR) is 63.8 cm³/mol. The van der Waals surface area contributed by atoms with Gasteiger partial charge in [-0.15, -0.1) is 5.10 Å². The smallest absolute Gasteiger partial charge is 0.341 e. The van der Waals surface area contributed by atoms with Gasteiger partial charge in [-0.2, -0.15) is 0 Å². The summed E-state index contributed by atoms with van der Waals surface area (Å²) >= 11 is 1.40. The molecule has 0 saturated carbocycles. The summed E-state index contributed by atoms with van der Waals surface area (Å²) in [6, 6.07) is -0.575. The van der Waals surface area contributed by atoms with Crippen LogP contribution in [0.3, 0.4) is 0 Å². The Morgan fingerprint density at radius 2 is 2.41 bits per heavy atom. The SMILES string of the molecule is CCOC(=O)[C@@H](N)CCCSc1n[nH]c(=O)[nH]1. The Hall–Kier alpha value is -1.28. The molecular formula is C9H16N4O3S. The lowest BCUT2D eigenvalue weighted by atomic mass is 10.2. The van der Waals surface area contributed by atoms with Gasteiger partial charge in [-0.1, -0.05) is 11.8 Å². The molecule has 7 nitrogen and oxygen atoms in total. The fourth-order valence-corrected chi connectivity index (χ4v) is 1.94. The second-order valence-electron chi connectivity index (χ2n) is 3.33. The Morgan fingerprint density at radius 1 is 1.65 bits per heavy atom. The fraction of sp³-hybridized carbons (Fsp3) is 0.667. The highest BCUT2D eigenvalue weighted by atomic mass is 32.2. The lowest BCUT2D eigenvalue weighted by molar-refractivity contribution is -0.144. The maximum absolute atomic E-state index is 11.2. The van der Waals surface area contributed by atoms with Crippen molar-refractivity contribution in [2.45, 2.75) is 31.0 Å². The van der Waals surface area contributed by atoms with Crippen molar-refractivity contribution in [3.63, 3.8) is 0 Å². The van der Waals surface area contributed by atoms with E-state index in [1.807, 2.05) is 0 Å². The van der Waals surface area contributed by atoms with E-state index >= 15 is 0 Å². The summed E-state index contributed by atoms with van der Waals surface area (Å²) in [6.45, 7) is 2.09. The van der Waals surface area contributed by atoms with Gasteiger partial charge < -0.3 is 10.5 Å². The molecule has 1 rings (SSSR count). The number of hydrogen-bond donors (Lipinski definition) is 3. The zero-order valence-corrected chi connectivity index (χ0v) is 10.4. The number of aromatic amines is 2. The Morgan fingerprint density at radius 3 is 3.00 bits per heavy atom. The highest BCUT2D eigenvalue weighted by Gasteiger charge is 2.13. The number of nitrogens with two attached hydrogens (primary N) is 1. The number of carbonyl (C=O) groups excluding carboxylic acids is 1. The van der Waals surface area contributed by atoms with Crippen molar-refractivity contribution < 1.29 is 9.53 Å². The molecule has 0 aliphatic heterocycles. The van der Waals surface area contributed by atoms with Gasteiger partial charge in [0.25, 0.3) is 0 Å². The molecule has 0 aliphatic carbocycles. The minimum Gasteiger partial charge on any atom is -0.465 e. The minimum atomic E-state index is -0.575. The van der Waals surface area contributed by atoms with Crippen LogP contribution in [0.1, 0.15) is 19.8 Å². The number of nitrogens with one attached hydrogen (secondary N) is 2. The molecule has 96 valence electrons. The van der Waals surface area contributed by atoms with Crippen molar-refractivity contribution in [1.29, 1.82) is 0 Å². The van der Waals surface area contributed by atoms with Crippen molar-refractivity contribution in [3.05, 3.63) is 10.5 Å². The summed E-state index contributed by atoms with van der Waals surface area (Å²) in [4.78, 5) is 24.4. The molecule has 0 spiro atoms. The van der Waals surface area contributed by atoms with Crippen LogP contribution < -0.4 is 11.4 Å². The quantitative estimate of drug-likeness (QED) is 0.357. The maximum Gasteiger partial charge on any atom is 0.341 e. The Labute approximate surface area is 103 Å². The maximum atomic E-state index is 11.2. The molecule has 17 heavy (non-hydrogen) atoms. The van der Waals surface area contributed by atoms with E-state index in [0.29, 0.717) is 18.2 Å². The van der Waals surface area contributed by atoms with Crippen molar-refractivity contribution in [2.24, 2.45) is 5.73 Å². The number of esters is 1. The molecule has 0 aliphatic rings. The molecule has 1 aromatic heterocycles. The van der Waals surface area contributed by atoms with Crippen LogP contribution in [0.25, 0.3) is 0 Å². The standard InChI is InChI=1S/C9H16N4O3S/c1-2-16-7(14)6(10)4-3-5-17-9-11-8(15)12-13-9/h6H,2-5,10H2,1H3,(H2,11,12,13,15)/t6-/m0/s1. The molecule has 0 aromatic carbocycles. The molecule has 1 aromatic rings. The average molecular weight is 260 g/mol. The summed E-state index contributed by atoms with van der Waals surface area (Å²) in [5.41, 5.74) is 5.30. The third-order valence-corrected chi connectivity index (χ3v) is 2.93. The van der Waals surface area contributed by atoms with Gasteiger partial charge in [-0.3, -0.25) is 9.78 Å². The molecule has 0 bridgehead atoms. The number of hydrogen-bond acceptors (Lipinski definition) is 6. The molecule has 0 amide bonds. The van der Waals surface area contributed by atoms with E-state index in [-0.39, 0.29) is 11.7 Å². The number of nitrogens with zero attached hydrogens (tertiary/aromatic N) is 1. The number of aromatic nitrogens is 3. The number of rotatable bonds is 7. The highest BCUT2D eigenvalue weighted by Crippen LogP contribution is 2.12. The zero-order chi connectivity index (χ0) is 12.7.